The van der Waals surface area contributed by atoms with Gasteiger partial charge in [-0.2, -0.15) is 0 Å². The zero-order valence-corrected chi connectivity index (χ0v) is 8.93. The van der Waals surface area contributed by atoms with Crippen molar-refractivity contribution in [2.75, 3.05) is 5.32 Å². The fraction of sp³-hybridized carbons (Fsp3) is 0.167. The van der Waals surface area contributed by atoms with Crippen molar-refractivity contribution >= 4 is 5.95 Å². The van der Waals surface area contributed by atoms with Crippen LogP contribution in [0, 0.1) is 0 Å². The van der Waals surface area contributed by atoms with Crippen molar-refractivity contribution in [1.29, 1.82) is 0 Å². The molecule has 3 N–H and O–H groups in total. The maximum absolute atomic E-state index is 5.66. The monoisotopic (exact) mass is 214 g/mol. The number of hydrogen-bond acceptors (Lipinski definition) is 4. The second-order valence-corrected chi connectivity index (χ2v) is 3.40. The highest BCUT2D eigenvalue weighted by Crippen LogP contribution is 2.09. The number of nitrogens with two attached hydrogens (primary N) is 1. The Bertz CT molecular complexity index is 442. The SMILES string of the molecule is NCc1ccccc1CNc1ncccn1. The van der Waals surface area contributed by atoms with Gasteiger partial charge in [0.2, 0.25) is 5.95 Å². The average molecular weight is 214 g/mol. The molecule has 0 aliphatic heterocycles. The molecule has 0 saturated carbocycles. The molecule has 0 amide bonds. The lowest BCUT2D eigenvalue weighted by Crippen LogP contribution is -2.07. The standard InChI is InChI=1S/C12H14N4/c13-8-10-4-1-2-5-11(10)9-16-12-14-6-3-7-15-12/h1-7H,8-9,13H2,(H,14,15,16). The number of rotatable bonds is 4. The average Bonchev–Trinajstić information content (AvgIpc) is 2.38. The predicted molar refractivity (Wildman–Crippen MR) is 63.7 cm³/mol. The summed E-state index contributed by atoms with van der Waals surface area (Å²) in [5, 5.41) is 3.16. The molecule has 0 spiro atoms. The molecule has 1 aromatic carbocycles. The van der Waals surface area contributed by atoms with Gasteiger partial charge in [0, 0.05) is 25.5 Å². The van der Waals surface area contributed by atoms with E-state index in [1.807, 2.05) is 18.2 Å². The minimum Gasteiger partial charge on any atom is -0.350 e. The number of aromatic nitrogens is 2. The molecule has 1 heterocycles. The molecule has 2 rings (SSSR count). The number of nitrogens with one attached hydrogen (secondary N) is 1. The van der Waals surface area contributed by atoms with E-state index in [9.17, 15) is 0 Å². The van der Waals surface area contributed by atoms with Gasteiger partial charge in [-0.05, 0) is 17.2 Å². The highest BCUT2D eigenvalue weighted by Gasteiger charge is 2.00. The van der Waals surface area contributed by atoms with Crippen LogP contribution in [0.1, 0.15) is 11.1 Å². The molecule has 0 saturated heterocycles. The van der Waals surface area contributed by atoms with Crippen LogP contribution >= 0.6 is 0 Å². The van der Waals surface area contributed by atoms with Crippen LogP contribution in [0.4, 0.5) is 5.95 Å². The quantitative estimate of drug-likeness (QED) is 0.810. The van der Waals surface area contributed by atoms with Crippen molar-refractivity contribution in [2.45, 2.75) is 13.1 Å². The molecule has 16 heavy (non-hydrogen) atoms. The molecule has 0 aliphatic rings. The van der Waals surface area contributed by atoms with E-state index in [1.165, 1.54) is 5.56 Å². The molecule has 0 aliphatic carbocycles. The Labute approximate surface area is 94.5 Å². The van der Waals surface area contributed by atoms with E-state index in [0.717, 1.165) is 5.56 Å². The molecule has 4 nitrogen and oxygen atoms in total. The van der Waals surface area contributed by atoms with Crippen LogP contribution in [0.2, 0.25) is 0 Å². The van der Waals surface area contributed by atoms with E-state index >= 15 is 0 Å². The van der Waals surface area contributed by atoms with Crippen molar-refractivity contribution in [2.24, 2.45) is 5.73 Å². The van der Waals surface area contributed by atoms with E-state index in [-0.39, 0.29) is 0 Å². The van der Waals surface area contributed by atoms with Crippen LogP contribution in [0.25, 0.3) is 0 Å². The Morgan fingerprint density at radius 3 is 2.38 bits per heavy atom. The van der Waals surface area contributed by atoms with Gasteiger partial charge in [-0.15, -0.1) is 0 Å². The summed E-state index contributed by atoms with van der Waals surface area (Å²) in [7, 11) is 0. The number of anilines is 1. The maximum atomic E-state index is 5.66. The van der Waals surface area contributed by atoms with Crippen LogP contribution in [-0.4, -0.2) is 9.97 Å². The predicted octanol–water partition coefficient (Wildman–Crippen LogP) is 1.55. The van der Waals surface area contributed by atoms with Gasteiger partial charge in [-0.3, -0.25) is 0 Å². The third-order valence-electron chi connectivity index (χ3n) is 2.34. The molecule has 1 aromatic heterocycles. The van der Waals surface area contributed by atoms with Crippen LogP contribution in [0.15, 0.2) is 42.7 Å². The fourth-order valence-electron chi connectivity index (χ4n) is 1.49. The molecule has 0 unspecified atom stereocenters. The van der Waals surface area contributed by atoms with E-state index < -0.39 is 0 Å². The second kappa shape index (κ2) is 5.23. The van der Waals surface area contributed by atoms with E-state index in [4.69, 9.17) is 5.73 Å². The summed E-state index contributed by atoms with van der Waals surface area (Å²) in [6.45, 7) is 1.24. The van der Waals surface area contributed by atoms with Gasteiger partial charge in [0.05, 0.1) is 0 Å². The summed E-state index contributed by atoms with van der Waals surface area (Å²) in [5.41, 5.74) is 7.98. The van der Waals surface area contributed by atoms with Crippen molar-refractivity contribution in [3.05, 3.63) is 53.9 Å². The van der Waals surface area contributed by atoms with Crippen molar-refractivity contribution in [3.63, 3.8) is 0 Å². The number of nitrogens with zero attached hydrogens (tertiary/aromatic N) is 2. The molecule has 0 atom stereocenters. The summed E-state index contributed by atoms with van der Waals surface area (Å²) in [4.78, 5) is 8.19. The van der Waals surface area contributed by atoms with E-state index in [2.05, 4.69) is 21.4 Å². The van der Waals surface area contributed by atoms with Crippen LogP contribution in [0.5, 0.6) is 0 Å². The first kappa shape index (κ1) is 10.6. The molecule has 82 valence electrons. The van der Waals surface area contributed by atoms with Gasteiger partial charge in [-0.25, -0.2) is 9.97 Å². The smallest absolute Gasteiger partial charge is 0.222 e. The fourth-order valence-corrected chi connectivity index (χ4v) is 1.49. The van der Waals surface area contributed by atoms with Gasteiger partial charge < -0.3 is 11.1 Å². The van der Waals surface area contributed by atoms with Crippen LogP contribution in [-0.2, 0) is 13.1 Å². The summed E-state index contributed by atoms with van der Waals surface area (Å²) in [6.07, 6.45) is 3.42. The lowest BCUT2D eigenvalue weighted by atomic mass is 10.1. The minimum atomic E-state index is 0.549. The zero-order valence-electron chi connectivity index (χ0n) is 8.93. The number of hydrogen-bond donors (Lipinski definition) is 2. The summed E-state index contributed by atoms with van der Waals surface area (Å²) >= 11 is 0. The Hall–Kier alpha value is -1.94. The van der Waals surface area contributed by atoms with E-state index in [1.54, 1.807) is 18.5 Å². The zero-order chi connectivity index (χ0) is 11.2. The van der Waals surface area contributed by atoms with Gasteiger partial charge in [0.15, 0.2) is 0 Å². The van der Waals surface area contributed by atoms with Crippen LogP contribution < -0.4 is 11.1 Å². The normalized spacial score (nSPS) is 10.1. The maximum Gasteiger partial charge on any atom is 0.222 e. The van der Waals surface area contributed by atoms with Crippen molar-refractivity contribution in [3.8, 4) is 0 Å². The summed E-state index contributed by atoms with van der Waals surface area (Å²) in [6, 6.07) is 9.87. The Morgan fingerprint density at radius 2 is 1.69 bits per heavy atom. The highest BCUT2D eigenvalue weighted by molar-refractivity contribution is 5.31. The largest absolute Gasteiger partial charge is 0.350 e. The Morgan fingerprint density at radius 1 is 1.00 bits per heavy atom. The summed E-state index contributed by atoms with van der Waals surface area (Å²) in [5.74, 6) is 0.634. The Balaban J connectivity index is 2.05. The first-order valence-corrected chi connectivity index (χ1v) is 5.18. The first-order valence-electron chi connectivity index (χ1n) is 5.18. The Kier molecular flexibility index (Phi) is 3.46. The topological polar surface area (TPSA) is 63.8 Å². The second-order valence-electron chi connectivity index (χ2n) is 3.40. The summed E-state index contributed by atoms with van der Waals surface area (Å²) < 4.78 is 0. The lowest BCUT2D eigenvalue weighted by molar-refractivity contribution is 0.989. The molecular weight excluding hydrogens is 200 g/mol. The van der Waals surface area contributed by atoms with Gasteiger partial charge >= 0.3 is 0 Å². The molecular formula is C12H14N4. The third-order valence-corrected chi connectivity index (χ3v) is 2.34. The molecule has 0 bridgehead atoms. The molecule has 4 heteroatoms. The minimum absolute atomic E-state index is 0.549. The molecule has 2 aromatic rings. The van der Waals surface area contributed by atoms with Gasteiger partial charge in [0.25, 0.3) is 0 Å². The molecule has 0 fully saturated rings. The van der Waals surface area contributed by atoms with Gasteiger partial charge in [0.1, 0.15) is 0 Å². The van der Waals surface area contributed by atoms with Gasteiger partial charge in [-0.1, -0.05) is 24.3 Å². The first-order chi connectivity index (χ1) is 7.90. The third kappa shape index (κ3) is 2.55. The van der Waals surface area contributed by atoms with Crippen molar-refractivity contribution in [1.82, 2.24) is 9.97 Å². The highest BCUT2D eigenvalue weighted by atomic mass is 15.1. The lowest BCUT2D eigenvalue weighted by Gasteiger charge is -2.08. The van der Waals surface area contributed by atoms with E-state index in [0.29, 0.717) is 19.0 Å². The molecule has 0 radical (unpaired) electrons. The number of benzene rings is 1. The van der Waals surface area contributed by atoms with Crippen LogP contribution in [0.3, 0.4) is 0 Å². The van der Waals surface area contributed by atoms with Crippen molar-refractivity contribution < 1.29 is 0 Å².